The summed E-state index contributed by atoms with van der Waals surface area (Å²) in [5.74, 6) is 0.517. The number of nitrogens with zero attached hydrogens (tertiary/aromatic N) is 1. The number of rotatable bonds is 8. The molecular formula is C21H20ClNO6S2. The van der Waals surface area contributed by atoms with Gasteiger partial charge in [0.2, 0.25) is 0 Å². The molecule has 0 aliphatic heterocycles. The Balaban J connectivity index is 1.73. The van der Waals surface area contributed by atoms with Crippen LogP contribution in [0.4, 0.5) is 0 Å². The van der Waals surface area contributed by atoms with Crippen molar-refractivity contribution in [2.24, 2.45) is 0 Å². The first kappa shape index (κ1) is 23.1. The van der Waals surface area contributed by atoms with Gasteiger partial charge >= 0.3 is 5.97 Å². The first-order valence-corrected chi connectivity index (χ1v) is 12.3. The number of aromatic nitrogens is 1. The molecule has 164 valence electrons. The molecule has 1 heterocycles. The van der Waals surface area contributed by atoms with Gasteiger partial charge in [-0.2, -0.15) is 0 Å². The van der Waals surface area contributed by atoms with Crippen LogP contribution in [-0.4, -0.2) is 39.3 Å². The van der Waals surface area contributed by atoms with E-state index in [1.54, 1.807) is 12.5 Å². The minimum absolute atomic E-state index is 0.00996. The number of methoxy groups -OCH3 is 1. The number of hydrogen-bond acceptors (Lipinski definition) is 8. The van der Waals surface area contributed by atoms with E-state index in [0.29, 0.717) is 23.8 Å². The minimum atomic E-state index is -3.48. The Bertz CT molecular complexity index is 1210. The van der Waals surface area contributed by atoms with Crippen molar-refractivity contribution in [3.8, 4) is 22.1 Å². The smallest absolute Gasteiger partial charge is 0.340 e. The molecule has 7 nitrogen and oxygen atoms in total. The molecule has 1 aromatic heterocycles. The lowest BCUT2D eigenvalue weighted by molar-refractivity contribution is 0.0468. The summed E-state index contributed by atoms with van der Waals surface area (Å²) in [6.45, 7) is 2.34. The second-order valence-corrected chi connectivity index (χ2v) is 9.71. The summed E-state index contributed by atoms with van der Waals surface area (Å²) in [6, 6.07) is 9.42. The van der Waals surface area contributed by atoms with E-state index in [9.17, 15) is 13.2 Å². The molecule has 0 N–H and O–H groups in total. The highest BCUT2D eigenvalue weighted by atomic mass is 35.5. The molecule has 0 saturated carbocycles. The van der Waals surface area contributed by atoms with Gasteiger partial charge in [-0.05, 0) is 43.3 Å². The molecule has 0 unspecified atom stereocenters. The van der Waals surface area contributed by atoms with Crippen molar-refractivity contribution in [2.75, 3.05) is 20.0 Å². The monoisotopic (exact) mass is 481 g/mol. The highest BCUT2D eigenvalue weighted by molar-refractivity contribution is 7.90. The molecule has 0 fully saturated rings. The van der Waals surface area contributed by atoms with E-state index in [2.05, 4.69) is 4.98 Å². The molecule has 3 aromatic rings. The van der Waals surface area contributed by atoms with Gasteiger partial charge in [-0.25, -0.2) is 18.2 Å². The zero-order valence-corrected chi connectivity index (χ0v) is 19.4. The van der Waals surface area contributed by atoms with Crippen molar-refractivity contribution in [3.63, 3.8) is 0 Å². The zero-order chi connectivity index (χ0) is 22.6. The first-order valence-electron chi connectivity index (χ1n) is 9.15. The summed E-state index contributed by atoms with van der Waals surface area (Å²) < 4.78 is 39.6. The Labute approximate surface area is 189 Å². The average molecular weight is 482 g/mol. The van der Waals surface area contributed by atoms with E-state index in [0.717, 1.165) is 16.8 Å². The molecule has 0 radical (unpaired) electrons. The fraction of sp³-hybridized carbons (Fsp3) is 0.238. The average Bonchev–Trinajstić information content (AvgIpc) is 3.21. The van der Waals surface area contributed by atoms with Crippen molar-refractivity contribution in [2.45, 2.75) is 18.4 Å². The molecule has 0 aliphatic rings. The fourth-order valence-electron chi connectivity index (χ4n) is 2.69. The van der Waals surface area contributed by atoms with E-state index in [1.165, 1.54) is 29.5 Å². The van der Waals surface area contributed by atoms with E-state index in [-0.39, 0.29) is 22.1 Å². The van der Waals surface area contributed by atoms with Gasteiger partial charge < -0.3 is 14.2 Å². The summed E-state index contributed by atoms with van der Waals surface area (Å²) in [5.41, 5.74) is 1.37. The van der Waals surface area contributed by atoms with Gasteiger partial charge in [-0.3, -0.25) is 0 Å². The number of carbonyl (C=O) groups is 1. The van der Waals surface area contributed by atoms with Crippen molar-refractivity contribution in [3.05, 3.63) is 58.1 Å². The number of esters is 1. The van der Waals surface area contributed by atoms with Crippen LogP contribution in [0.2, 0.25) is 5.02 Å². The van der Waals surface area contributed by atoms with Crippen LogP contribution < -0.4 is 9.47 Å². The normalized spacial score (nSPS) is 11.2. The standard InChI is InChI=1S/C21H20ClNO6S2/c1-4-28-18-8-5-13(9-19(18)27-2)20-23-14(12-30-20)11-29-21(24)16-10-15(31(3,25)26)6-7-17(16)22/h5-10,12H,4,11H2,1-3H3. The molecule has 3 rings (SSSR count). The van der Waals surface area contributed by atoms with Gasteiger partial charge in [-0.15, -0.1) is 11.3 Å². The molecule has 31 heavy (non-hydrogen) atoms. The van der Waals surface area contributed by atoms with Gasteiger partial charge in [0.1, 0.15) is 11.6 Å². The number of halogens is 1. The highest BCUT2D eigenvalue weighted by Crippen LogP contribution is 2.34. The molecular weight excluding hydrogens is 462 g/mol. The maximum Gasteiger partial charge on any atom is 0.340 e. The second-order valence-electron chi connectivity index (χ2n) is 6.43. The molecule has 0 bridgehead atoms. The molecule has 10 heteroatoms. The van der Waals surface area contributed by atoms with Crippen molar-refractivity contribution < 1.29 is 27.4 Å². The lowest BCUT2D eigenvalue weighted by Crippen LogP contribution is -2.08. The van der Waals surface area contributed by atoms with Crippen LogP contribution in [0.5, 0.6) is 11.5 Å². The summed E-state index contributed by atoms with van der Waals surface area (Å²) in [6.07, 6.45) is 1.05. The largest absolute Gasteiger partial charge is 0.493 e. The summed E-state index contributed by atoms with van der Waals surface area (Å²) >= 11 is 7.43. The third-order valence-electron chi connectivity index (χ3n) is 4.20. The lowest BCUT2D eigenvalue weighted by atomic mass is 10.2. The third kappa shape index (κ3) is 5.55. The maximum absolute atomic E-state index is 12.4. The van der Waals surface area contributed by atoms with E-state index in [1.807, 2.05) is 25.1 Å². The Morgan fingerprint density at radius 1 is 1.16 bits per heavy atom. The van der Waals surface area contributed by atoms with E-state index in [4.69, 9.17) is 25.8 Å². The van der Waals surface area contributed by atoms with Crippen LogP contribution in [0.1, 0.15) is 23.0 Å². The van der Waals surface area contributed by atoms with Crippen LogP contribution in [0.3, 0.4) is 0 Å². The van der Waals surface area contributed by atoms with Crippen LogP contribution >= 0.6 is 22.9 Å². The SMILES string of the molecule is CCOc1ccc(-c2nc(COC(=O)c3cc(S(C)(=O)=O)ccc3Cl)cs2)cc1OC. The summed E-state index contributed by atoms with van der Waals surface area (Å²) in [7, 11) is -1.91. The first-order chi connectivity index (χ1) is 14.7. The molecule has 2 aromatic carbocycles. The third-order valence-corrected chi connectivity index (χ3v) is 6.58. The molecule has 0 aliphatic carbocycles. The van der Waals surface area contributed by atoms with Gasteiger partial charge in [0.25, 0.3) is 0 Å². The van der Waals surface area contributed by atoms with Crippen LogP contribution in [0.25, 0.3) is 10.6 Å². The highest BCUT2D eigenvalue weighted by Gasteiger charge is 2.17. The van der Waals surface area contributed by atoms with Crippen molar-refractivity contribution in [1.29, 1.82) is 0 Å². The van der Waals surface area contributed by atoms with Crippen LogP contribution in [-0.2, 0) is 21.2 Å². The molecule has 0 atom stereocenters. The Kier molecular flexibility index (Phi) is 7.19. The Hall–Kier alpha value is -2.62. The van der Waals surface area contributed by atoms with Gasteiger partial charge in [0.05, 0.1) is 34.9 Å². The topological polar surface area (TPSA) is 91.8 Å². The predicted octanol–water partition coefficient (Wildman–Crippen LogP) is 4.63. The molecule has 0 saturated heterocycles. The van der Waals surface area contributed by atoms with Gasteiger partial charge in [0, 0.05) is 17.2 Å². The molecule has 0 spiro atoms. The Morgan fingerprint density at radius 3 is 2.61 bits per heavy atom. The number of hydrogen-bond donors (Lipinski definition) is 0. The van der Waals surface area contributed by atoms with Gasteiger partial charge in [-0.1, -0.05) is 11.6 Å². The predicted molar refractivity (Wildman–Crippen MR) is 119 cm³/mol. The number of ether oxygens (including phenoxy) is 3. The molecule has 0 amide bonds. The van der Waals surface area contributed by atoms with Crippen LogP contribution in [0, 0.1) is 0 Å². The summed E-state index contributed by atoms with van der Waals surface area (Å²) in [4.78, 5) is 16.9. The fourth-order valence-corrected chi connectivity index (χ4v) is 4.33. The minimum Gasteiger partial charge on any atom is -0.493 e. The van der Waals surface area contributed by atoms with Crippen molar-refractivity contribution in [1.82, 2.24) is 4.98 Å². The number of carbonyl (C=O) groups excluding carboxylic acids is 1. The van der Waals surface area contributed by atoms with E-state index >= 15 is 0 Å². The number of sulfone groups is 1. The van der Waals surface area contributed by atoms with Gasteiger partial charge in [0.15, 0.2) is 21.3 Å². The number of thiazole rings is 1. The summed E-state index contributed by atoms with van der Waals surface area (Å²) in [5, 5.41) is 2.61. The maximum atomic E-state index is 12.4. The lowest BCUT2D eigenvalue weighted by Gasteiger charge is -2.10. The van der Waals surface area contributed by atoms with E-state index < -0.39 is 15.8 Å². The zero-order valence-electron chi connectivity index (χ0n) is 17.0. The second kappa shape index (κ2) is 9.67. The Morgan fingerprint density at radius 2 is 1.94 bits per heavy atom. The van der Waals surface area contributed by atoms with Crippen molar-refractivity contribution >= 4 is 38.7 Å². The number of benzene rings is 2. The quantitative estimate of drug-likeness (QED) is 0.433. The van der Waals surface area contributed by atoms with Crippen LogP contribution in [0.15, 0.2) is 46.7 Å².